The number of hydrogen-bond donors (Lipinski definition) is 1. The standard InChI is InChI=1S/C27H30ClN3O3S/c1-21-6-5-17-30(19-21)24-13-9-22(10-14-24)18-29-27(32)20-31(25-15-11-23(28)12-16-25)35(33,34)26-7-3-2-4-8-26/h2-4,7-16,21H,5-6,17-20H2,1H3,(H,29,32). The van der Waals surface area contributed by atoms with Crippen molar-refractivity contribution in [1.82, 2.24) is 5.32 Å². The monoisotopic (exact) mass is 511 g/mol. The number of sulfonamides is 1. The Bertz CT molecular complexity index is 1230. The first kappa shape index (κ1) is 25.1. The van der Waals surface area contributed by atoms with Gasteiger partial charge in [0.05, 0.1) is 10.6 Å². The van der Waals surface area contributed by atoms with Gasteiger partial charge in [0.25, 0.3) is 10.0 Å². The molecule has 0 spiro atoms. The highest BCUT2D eigenvalue weighted by molar-refractivity contribution is 7.92. The summed E-state index contributed by atoms with van der Waals surface area (Å²) in [6.07, 6.45) is 2.47. The van der Waals surface area contributed by atoms with Crippen molar-refractivity contribution in [1.29, 1.82) is 0 Å². The molecule has 6 nitrogen and oxygen atoms in total. The van der Waals surface area contributed by atoms with E-state index in [0.29, 0.717) is 23.2 Å². The molecule has 1 N–H and O–H groups in total. The molecule has 0 aromatic heterocycles. The van der Waals surface area contributed by atoms with Crippen molar-refractivity contribution in [2.24, 2.45) is 5.92 Å². The number of carbonyl (C=O) groups is 1. The summed E-state index contributed by atoms with van der Waals surface area (Å²) in [5, 5.41) is 3.34. The van der Waals surface area contributed by atoms with Gasteiger partial charge in [0.15, 0.2) is 0 Å². The fraction of sp³-hybridized carbons (Fsp3) is 0.296. The number of benzene rings is 3. The average Bonchev–Trinajstić information content (AvgIpc) is 2.87. The smallest absolute Gasteiger partial charge is 0.264 e. The second-order valence-corrected chi connectivity index (χ2v) is 11.2. The van der Waals surface area contributed by atoms with E-state index in [4.69, 9.17) is 11.6 Å². The van der Waals surface area contributed by atoms with Crippen LogP contribution in [0, 0.1) is 5.92 Å². The van der Waals surface area contributed by atoms with Crippen molar-refractivity contribution in [3.05, 3.63) is 89.4 Å². The molecule has 1 aliphatic heterocycles. The zero-order chi connectivity index (χ0) is 24.8. The predicted octanol–water partition coefficient (Wildman–Crippen LogP) is 5.09. The van der Waals surface area contributed by atoms with Gasteiger partial charge >= 0.3 is 0 Å². The van der Waals surface area contributed by atoms with E-state index in [2.05, 4.69) is 29.3 Å². The Labute approximate surface area is 212 Å². The van der Waals surface area contributed by atoms with E-state index >= 15 is 0 Å². The lowest BCUT2D eigenvalue weighted by atomic mass is 9.99. The fourth-order valence-corrected chi connectivity index (χ4v) is 5.85. The van der Waals surface area contributed by atoms with Crippen molar-refractivity contribution in [3.63, 3.8) is 0 Å². The number of rotatable bonds is 8. The maximum Gasteiger partial charge on any atom is 0.264 e. The normalized spacial score (nSPS) is 16.1. The summed E-state index contributed by atoms with van der Waals surface area (Å²) < 4.78 is 27.8. The highest BCUT2D eigenvalue weighted by atomic mass is 35.5. The molecule has 3 aromatic carbocycles. The molecule has 0 bridgehead atoms. The van der Waals surface area contributed by atoms with Crippen LogP contribution in [0.4, 0.5) is 11.4 Å². The molecule has 8 heteroatoms. The van der Waals surface area contributed by atoms with Crippen LogP contribution in [0.1, 0.15) is 25.3 Å². The Hall–Kier alpha value is -3.03. The van der Waals surface area contributed by atoms with Crippen LogP contribution in [-0.4, -0.2) is 34.0 Å². The zero-order valence-electron chi connectivity index (χ0n) is 19.7. The summed E-state index contributed by atoms with van der Waals surface area (Å²) in [6.45, 7) is 4.38. The molecule has 1 atom stereocenters. The van der Waals surface area contributed by atoms with Crippen LogP contribution in [-0.2, 0) is 21.4 Å². The predicted molar refractivity (Wildman–Crippen MR) is 141 cm³/mol. The summed E-state index contributed by atoms with van der Waals surface area (Å²) >= 11 is 5.99. The van der Waals surface area contributed by atoms with Crippen LogP contribution in [0.5, 0.6) is 0 Å². The lowest BCUT2D eigenvalue weighted by molar-refractivity contribution is -0.119. The van der Waals surface area contributed by atoms with Gasteiger partial charge in [0.2, 0.25) is 5.91 Å². The van der Waals surface area contributed by atoms with Crippen LogP contribution in [0.2, 0.25) is 5.02 Å². The van der Waals surface area contributed by atoms with Gasteiger partial charge in [-0.15, -0.1) is 0 Å². The largest absolute Gasteiger partial charge is 0.371 e. The summed E-state index contributed by atoms with van der Waals surface area (Å²) in [4.78, 5) is 15.4. The summed E-state index contributed by atoms with van der Waals surface area (Å²) in [7, 11) is -3.94. The van der Waals surface area contributed by atoms with Crippen molar-refractivity contribution in [2.75, 3.05) is 28.8 Å². The number of piperidine rings is 1. The quantitative estimate of drug-likeness (QED) is 0.457. The first-order valence-electron chi connectivity index (χ1n) is 11.8. The minimum absolute atomic E-state index is 0.116. The molecule has 3 aromatic rings. The molecule has 1 heterocycles. The van der Waals surface area contributed by atoms with Gasteiger partial charge in [-0.1, -0.05) is 48.9 Å². The SMILES string of the molecule is CC1CCCN(c2ccc(CNC(=O)CN(c3ccc(Cl)cc3)S(=O)(=O)c3ccccc3)cc2)C1. The van der Waals surface area contributed by atoms with Crippen LogP contribution < -0.4 is 14.5 Å². The van der Waals surface area contributed by atoms with Crippen LogP contribution in [0.3, 0.4) is 0 Å². The summed E-state index contributed by atoms with van der Waals surface area (Å²) in [5.74, 6) is 0.298. The molecule has 4 rings (SSSR count). The number of anilines is 2. The van der Waals surface area contributed by atoms with Crippen LogP contribution in [0.25, 0.3) is 0 Å². The van der Waals surface area contributed by atoms with Gasteiger partial charge in [-0.3, -0.25) is 9.10 Å². The third-order valence-electron chi connectivity index (χ3n) is 6.18. The molecule has 0 radical (unpaired) electrons. The highest BCUT2D eigenvalue weighted by Gasteiger charge is 2.27. The Morgan fingerprint density at radius 3 is 2.37 bits per heavy atom. The fourth-order valence-electron chi connectivity index (χ4n) is 4.28. The second kappa shape index (κ2) is 11.1. The van der Waals surface area contributed by atoms with E-state index in [0.717, 1.165) is 23.0 Å². The third-order valence-corrected chi connectivity index (χ3v) is 8.22. The molecule has 1 saturated heterocycles. The van der Waals surface area contributed by atoms with Gasteiger partial charge in [-0.05, 0) is 72.9 Å². The Kier molecular flexibility index (Phi) is 7.98. The number of carbonyl (C=O) groups excluding carboxylic acids is 1. The second-order valence-electron chi connectivity index (χ2n) is 8.94. The summed E-state index contributed by atoms with van der Waals surface area (Å²) in [6, 6.07) is 22.7. The van der Waals surface area contributed by atoms with Crippen molar-refractivity contribution >= 4 is 38.9 Å². The zero-order valence-corrected chi connectivity index (χ0v) is 21.3. The Morgan fingerprint density at radius 1 is 1.03 bits per heavy atom. The molecular formula is C27H30ClN3O3S. The van der Waals surface area contributed by atoms with Gasteiger partial charge in [0, 0.05) is 30.3 Å². The van der Waals surface area contributed by atoms with Gasteiger partial charge < -0.3 is 10.2 Å². The molecule has 0 saturated carbocycles. The third kappa shape index (κ3) is 6.35. The maximum absolute atomic E-state index is 13.3. The Morgan fingerprint density at radius 2 is 1.71 bits per heavy atom. The number of nitrogens with one attached hydrogen (secondary N) is 1. The van der Waals surface area contributed by atoms with E-state index < -0.39 is 15.9 Å². The molecule has 1 unspecified atom stereocenters. The molecule has 0 aliphatic carbocycles. The Balaban J connectivity index is 1.44. The average molecular weight is 512 g/mol. The topological polar surface area (TPSA) is 69.7 Å². The number of halogens is 1. The van der Waals surface area contributed by atoms with E-state index in [9.17, 15) is 13.2 Å². The number of amides is 1. The highest BCUT2D eigenvalue weighted by Crippen LogP contribution is 2.25. The van der Waals surface area contributed by atoms with E-state index in [1.54, 1.807) is 42.5 Å². The van der Waals surface area contributed by atoms with E-state index in [1.807, 2.05) is 12.1 Å². The van der Waals surface area contributed by atoms with Crippen molar-refractivity contribution in [2.45, 2.75) is 31.2 Å². The van der Waals surface area contributed by atoms with Crippen LogP contribution in [0.15, 0.2) is 83.8 Å². The van der Waals surface area contributed by atoms with E-state index in [1.165, 1.54) is 30.7 Å². The first-order valence-corrected chi connectivity index (χ1v) is 13.6. The van der Waals surface area contributed by atoms with Gasteiger partial charge in [-0.25, -0.2) is 8.42 Å². The van der Waals surface area contributed by atoms with E-state index in [-0.39, 0.29) is 11.4 Å². The first-order chi connectivity index (χ1) is 16.8. The minimum atomic E-state index is -3.94. The number of hydrogen-bond acceptors (Lipinski definition) is 4. The summed E-state index contributed by atoms with van der Waals surface area (Å²) in [5.41, 5.74) is 2.51. The molecule has 1 aliphatic rings. The van der Waals surface area contributed by atoms with Gasteiger partial charge in [-0.2, -0.15) is 0 Å². The molecule has 35 heavy (non-hydrogen) atoms. The lowest BCUT2D eigenvalue weighted by Crippen LogP contribution is -2.40. The van der Waals surface area contributed by atoms with Crippen molar-refractivity contribution in [3.8, 4) is 0 Å². The van der Waals surface area contributed by atoms with Crippen LogP contribution >= 0.6 is 11.6 Å². The minimum Gasteiger partial charge on any atom is -0.371 e. The maximum atomic E-state index is 13.3. The lowest BCUT2D eigenvalue weighted by Gasteiger charge is -2.32. The van der Waals surface area contributed by atoms with Crippen molar-refractivity contribution < 1.29 is 13.2 Å². The molecule has 184 valence electrons. The molecule has 1 amide bonds. The number of nitrogens with zero attached hydrogens (tertiary/aromatic N) is 2. The molecule has 1 fully saturated rings. The van der Waals surface area contributed by atoms with Gasteiger partial charge in [0.1, 0.15) is 6.54 Å². The molecular weight excluding hydrogens is 482 g/mol.